The minimum atomic E-state index is -0.112. The Bertz CT molecular complexity index is 1090. The summed E-state index contributed by atoms with van der Waals surface area (Å²) in [5.41, 5.74) is 5.67. The summed E-state index contributed by atoms with van der Waals surface area (Å²) < 4.78 is 5.64. The molecule has 0 bridgehead atoms. The molecule has 0 spiro atoms. The van der Waals surface area contributed by atoms with Gasteiger partial charge in [0.2, 0.25) is 11.9 Å². The predicted molar refractivity (Wildman–Crippen MR) is 120 cm³/mol. The highest BCUT2D eigenvalue weighted by molar-refractivity contribution is 5.80. The third-order valence-corrected chi connectivity index (χ3v) is 5.97. The molecular weight excluding hydrogens is 390 g/mol. The number of nitrogens with zero attached hydrogens (tertiary/aromatic N) is 5. The minimum Gasteiger partial charge on any atom is -0.356 e. The SMILES string of the molecule is Cc1ccc(CC(=O)N2CCC[C@H]2c2nc(N(C)C)ncc2-c2onc(C)c2C)cc1. The zero-order chi connectivity index (χ0) is 22.1. The second-order valence-electron chi connectivity index (χ2n) is 8.49. The first-order valence-corrected chi connectivity index (χ1v) is 10.7. The van der Waals surface area contributed by atoms with E-state index in [4.69, 9.17) is 9.51 Å². The minimum absolute atomic E-state index is 0.112. The van der Waals surface area contributed by atoms with Crippen molar-refractivity contribution in [3.8, 4) is 11.3 Å². The molecule has 1 fully saturated rings. The van der Waals surface area contributed by atoms with Crippen molar-refractivity contribution >= 4 is 11.9 Å². The van der Waals surface area contributed by atoms with Crippen LogP contribution in [0.1, 0.15) is 47.0 Å². The standard InChI is InChI=1S/C24H29N5O2/c1-15-8-10-18(11-9-15)13-21(30)29-12-6-7-20(29)22-19(14-25-24(26-22)28(4)5)23-16(2)17(3)27-31-23/h8-11,14,20H,6-7,12-13H2,1-5H3/t20-/m0/s1. The van der Waals surface area contributed by atoms with E-state index in [2.05, 4.69) is 10.1 Å². The van der Waals surface area contributed by atoms with Crippen molar-refractivity contribution in [2.24, 2.45) is 0 Å². The molecule has 1 aliphatic heterocycles. The van der Waals surface area contributed by atoms with Gasteiger partial charge >= 0.3 is 0 Å². The largest absolute Gasteiger partial charge is 0.356 e. The van der Waals surface area contributed by atoms with Crippen molar-refractivity contribution in [2.75, 3.05) is 25.5 Å². The van der Waals surface area contributed by atoms with Gasteiger partial charge in [-0.1, -0.05) is 35.0 Å². The predicted octanol–water partition coefficient (Wildman–Crippen LogP) is 4.03. The zero-order valence-electron chi connectivity index (χ0n) is 18.8. The van der Waals surface area contributed by atoms with Gasteiger partial charge in [0.1, 0.15) is 0 Å². The summed E-state index contributed by atoms with van der Waals surface area (Å²) in [4.78, 5) is 26.5. The van der Waals surface area contributed by atoms with Crippen LogP contribution in [0.25, 0.3) is 11.3 Å². The average molecular weight is 420 g/mol. The van der Waals surface area contributed by atoms with E-state index in [9.17, 15) is 4.79 Å². The Hall–Kier alpha value is -3.22. The molecule has 1 aromatic carbocycles. The van der Waals surface area contributed by atoms with E-state index in [0.717, 1.165) is 47.5 Å². The molecule has 0 radical (unpaired) electrons. The van der Waals surface area contributed by atoms with Crippen LogP contribution in [0.5, 0.6) is 0 Å². The molecule has 1 amide bonds. The average Bonchev–Trinajstić information content (AvgIpc) is 3.37. The molecule has 0 N–H and O–H groups in total. The van der Waals surface area contributed by atoms with Crippen molar-refractivity contribution in [2.45, 2.75) is 46.1 Å². The van der Waals surface area contributed by atoms with Crippen molar-refractivity contribution in [3.63, 3.8) is 0 Å². The summed E-state index contributed by atoms with van der Waals surface area (Å²) in [6.45, 7) is 6.68. The lowest BCUT2D eigenvalue weighted by Gasteiger charge is -2.26. The Balaban J connectivity index is 1.70. The summed E-state index contributed by atoms with van der Waals surface area (Å²) in [7, 11) is 3.83. The number of likely N-dealkylation sites (tertiary alicyclic amines) is 1. The van der Waals surface area contributed by atoms with Crippen LogP contribution in [0, 0.1) is 20.8 Å². The van der Waals surface area contributed by atoms with Crippen molar-refractivity contribution < 1.29 is 9.32 Å². The van der Waals surface area contributed by atoms with E-state index in [1.165, 1.54) is 5.56 Å². The first kappa shape index (κ1) is 21.0. The number of aryl methyl sites for hydroxylation is 2. The van der Waals surface area contributed by atoms with E-state index in [-0.39, 0.29) is 11.9 Å². The number of amides is 1. The molecule has 3 aromatic rings. The van der Waals surface area contributed by atoms with Gasteiger partial charge < -0.3 is 14.3 Å². The summed E-state index contributed by atoms with van der Waals surface area (Å²) in [5.74, 6) is 1.41. The molecule has 0 saturated carbocycles. The number of aromatic nitrogens is 3. The molecule has 7 nitrogen and oxygen atoms in total. The fourth-order valence-corrected chi connectivity index (χ4v) is 4.03. The highest BCUT2D eigenvalue weighted by Gasteiger charge is 2.34. The molecule has 3 heterocycles. The third kappa shape index (κ3) is 4.17. The van der Waals surface area contributed by atoms with Crippen LogP contribution >= 0.6 is 0 Å². The zero-order valence-corrected chi connectivity index (χ0v) is 18.8. The van der Waals surface area contributed by atoms with Crippen LogP contribution in [0.4, 0.5) is 5.95 Å². The topological polar surface area (TPSA) is 75.4 Å². The van der Waals surface area contributed by atoms with E-state index in [0.29, 0.717) is 18.1 Å². The van der Waals surface area contributed by atoms with Crippen molar-refractivity contribution in [1.29, 1.82) is 0 Å². The Morgan fingerprint density at radius 3 is 2.58 bits per heavy atom. The molecule has 2 aromatic heterocycles. The molecule has 0 unspecified atom stereocenters. The van der Waals surface area contributed by atoms with E-state index < -0.39 is 0 Å². The Morgan fingerprint density at radius 2 is 1.94 bits per heavy atom. The van der Waals surface area contributed by atoms with Gasteiger partial charge in [-0.25, -0.2) is 9.97 Å². The van der Waals surface area contributed by atoms with Gasteiger partial charge in [0.25, 0.3) is 0 Å². The normalized spacial score (nSPS) is 16.0. The van der Waals surface area contributed by atoms with Gasteiger partial charge in [-0.2, -0.15) is 0 Å². The molecular formula is C24H29N5O2. The van der Waals surface area contributed by atoms with E-state index in [1.54, 1.807) is 6.20 Å². The smallest absolute Gasteiger partial charge is 0.227 e. The fourth-order valence-electron chi connectivity index (χ4n) is 4.03. The number of benzene rings is 1. The van der Waals surface area contributed by atoms with Crippen LogP contribution in [-0.4, -0.2) is 46.6 Å². The van der Waals surface area contributed by atoms with Crippen LogP contribution in [0.2, 0.25) is 0 Å². The maximum absolute atomic E-state index is 13.3. The molecule has 7 heteroatoms. The molecule has 1 aliphatic rings. The first-order valence-electron chi connectivity index (χ1n) is 10.7. The summed E-state index contributed by atoms with van der Waals surface area (Å²) >= 11 is 0. The highest BCUT2D eigenvalue weighted by Crippen LogP contribution is 2.38. The maximum Gasteiger partial charge on any atom is 0.227 e. The second kappa shape index (κ2) is 8.49. The number of hydrogen-bond acceptors (Lipinski definition) is 6. The lowest BCUT2D eigenvalue weighted by molar-refractivity contribution is -0.131. The van der Waals surface area contributed by atoms with Crippen LogP contribution in [0.15, 0.2) is 35.0 Å². The quantitative estimate of drug-likeness (QED) is 0.622. The van der Waals surface area contributed by atoms with Gasteiger partial charge in [-0.15, -0.1) is 0 Å². The van der Waals surface area contributed by atoms with Crippen molar-refractivity contribution in [3.05, 3.63) is 58.5 Å². The molecule has 4 rings (SSSR count). The third-order valence-electron chi connectivity index (χ3n) is 5.97. The molecule has 1 saturated heterocycles. The number of carbonyl (C=O) groups is 1. The fraction of sp³-hybridized carbons (Fsp3) is 0.417. The number of carbonyl (C=O) groups excluding carboxylic acids is 1. The number of rotatable bonds is 5. The molecule has 31 heavy (non-hydrogen) atoms. The van der Waals surface area contributed by atoms with Gasteiger partial charge in [0.15, 0.2) is 5.76 Å². The summed E-state index contributed by atoms with van der Waals surface area (Å²) in [5, 5.41) is 4.11. The van der Waals surface area contributed by atoms with Crippen molar-refractivity contribution in [1.82, 2.24) is 20.0 Å². The van der Waals surface area contributed by atoms with Crippen LogP contribution in [0.3, 0.4) is 0 Å². The van der Waals surface area contributed by atoms with E-state index in [1.807, 2.05) is 68.9 Å². The van der Waals surface area contributed by atoms with E-state index >= 15 is 0 Å². The van der Waals surface area contributed by atoms with Crippen LogP contribution < -0.4 is 4.90 Å². The van der Waals surface area contributed by atoms with Gasteiger partial charge in [0, 0.05) is 32.4 Å². The van der Waals surface area contributed by atoms with Gasteiger partial charge in [-0.3, -0.25) is 4.79 Å². The summed E-state index contributed by atoms with van der Waals surface area (Å²) in [6.07, 6.45) is 3.99. The highest BCUT2D eigenvalue weighted by atomic mass is 16.5. The molecule has 0 aliphatic carbocycles. The Labute approximate surface area is 183 Å². The first-order chi connectivity index (χ1) is 14.8. The van der Waals surface area contributed by atoms with Gasteiger partial charge in [-0.05, 0) is 39.2 Å². The number of hydrogen-bond donors (Lipinski definition) is 0. The second-order valence-corrected chi connectivity index (χ2v) is 8.49. The Morgan fingerprint density at radius 1 is 1.19 bits per heavy atom. The Kier molecular flexibility index (Phi) is 5.76. The summed E-state index contributed by atoms with van der Waals surface area (Å²) in [6, 6.07) is 8.04. The van der Waals surface area contributed by atoms with Crippen LogP contribution in [-0.2, 0) is 11.2 Å². The number of anilines is 1. The lowest BCUT2D eigenvalue weighted by Crippen LogP contribution is -2.32. The molecule has 1 atom stereocenters. The maximum atomic E-state index is 13.3. The van der Waals surface area contributed by atoms with Gasteiger partial charge in [0.05, 0.1) is 29.4 Å². The molecule has 162 valence electrons. The lowest BCUT2D eigenvalue weighted by atomic mass is 10.0. The monoisotopic (exact) mass is 419 g/mol.